The first kappa shape index (κ1) is 14.1. The second kappa shape index (κ2) is 7.37. The third-order valence-corrected chi connectivity index (χ3v) is 2.50. The fraction of sp³-hybridized carbons (Fsp3) is 0.455. The zero-order valence-corrected chi connectivity index (χ0v) is 11.5. The minimum absolute atomic E-state index is 0.112. The molecule has 0 fully saturated rings. The molecule has 0 aliphatic carbocycles. The summed E-state index contributed by atoms with van der Waals surface area (Å²) < 4.78 is 5.76. The van der Waals surface area contributed by atoms with Gasteiger partial charge >= 0.3 is 0 Å². The Balaban J connectivity index is 2.40. The van der Waals surface area contributed by atoms with Gasteiger partial charge in [0, 0.05) is 24.3 Å². The monoisotopic (exact) mass is 301 g/mol. The van der Waals surface area contributed by atoms with E-state index in [4.69, 9.17) is 4.74 Å². The lowest BCUT2D eigenvalue weighted by Crippen LogP contribution is -2.30. The van der Waals surface area contributed by atoms with Gasteiger partial charge in [-0.15, -0.1) is 0 Å². The van der Waals surface area contributed by atoms with E-state index in [1.165, 1.54) is 0 Å². The summed E-state index contributed by atoms with van der Waals surface area (Å²) >= 11 is 3.32. The summed E-state index contributed by atoms with van der Waals surface area (Å²) in [7, 11) is 1.62. The summed E-state index contributed by atoms with van der Waals surface area (Å²) in [5, 5.41) is 5.70. The molecule has 0 saturated heterocycles. The van der Waals surface area contributed by atoms with Crippen molar-refractivity contribution in [2.75, 3.05) is 32.1 Å². The number of carbonyl (C=O) groups is 1. The number of nitrogens with one attached hydrogen (secondary N) is 2. The number of amides is 1. The van der Waals surface area contributed by atoms with Gasteiger partial charge in [-0.1, -0.05) is 0 Å². The van der Waals surface area contributed by atoms with Gasteiger partial charge in [0.1, 0.15) is 5.82 Å². The minimum Gasteiger partial charge on any atom is -0.383 e. The maximum Gasteiger partial charge on any atom is 0.239 e. The smallest absolute Gasteiger partial charge is 0.239 e. The lowest BCUT2D eigenvalue weighted by molar-refractivity contribution is -0.115. The van der Waals surface area contributed by atoms with Gasteiger partial charge in [0.15, 0.2) is 0 Å². The van der Waals surface area contributed by atoms with Crippen molar-refractivity contribution in [3.05, 3.63) is 22.3 Å². The molecule has 2 N–H and O–H groups in total. The van der Waals surface area contributed by atoms with Crippen molar-refractivity contribution in [3.8, 4) is 0 Å². The van der Waals surface area contributed by atoms with E-state index < -0.39 is 0 Å². The van der Waals surface area contributed by atoms with Crippen LogP contribution in [0.3, 0.4) is 0 Å². The van der Waals surface area contributed by atoms with E-state index in [-0.39, 0.29) is 12.5 Å². The fourth-order valence-electron chi connectivity index (χ4n) is 1.22. The van der Waals surface area contributed by atoms with E-state index in [1.807, 2.05) is 13.0 Å². The largest absolute Gasteiger partial charge is 0.383 e. The molecule has 1 amide bonds. The molecule has 0 unspecified atom stereocenters. The Hall–Kier alpha value is -0.980. The van der Waals surface area contributed by atoms with Crippen molar-refractivity contribution < 1.29 is 9.53 Å². The summed E-state index contributed by atoms with van der Waals surface area (Å²) in [6.45, 7) is 3.38. The Labute approximate surface area is 109 Å². The third kappa shape index (κ3) is 5.25. The molecule has 0 bridgehead atoms. The number of aromatic nitrogens is 1. The highest BCUT2D eigenvalue weighted by atomic mass is 79.9. The Bertz CT molecular complexity index is 385. The predicted molar refractivity (Wildman–Crippen MR) is 70.0 cm³/mol. The molecule has 0 saturated carbocycles. The molecular weight excluding hydrogens is 286 g/mol. The zero-order valence-electron chi connectivity index (χ0n) is 9.92. The summed E-state index contributed by atoms with van der Waals surface area (Å²) in [6, 6.07) is 1.90. The van der Waals surface area contributed by atoms with Gasteiger partial charge in [0.05, 0.1) is 13.2 Å². The van der Waals surface area contributed by atoms with Crippen LogP contribution in [0, 0.1) is 6.92 Å². The average molecular weight is 302 g/mol. The first-order chi connectivity index (χ1) is 8.13. The SMILES string of the molecule is COCCNCC(=O)Nc1ncc(Br)cc1C. The second-order valence-electron chi connectivity index (χ2n) is 3.54. The van der Waals surface area contributed by atoms with E-state index in [9.17, 15) is 4.79 Å². The van der Waals surface area contributed by atoms with Gasteiger partial charge in [0.2, 0.25) is 5.91 Å². The number of hydrogen-bond donors (Lipinski definition) is 2. The van der Waals surface area contributed by atoms with Gasteiger partial charge in [-0.3, -0.25) is 4.79 Å². The minimum atomic E-state index is -0.112. The van der Waals surface area contributed by atoms with Crippen LogP contribution in [0.15, 0.2) is 16.7 Å². The van der Waals surface area contributed by atoms with Crippen LogP contribution in [0.2, 0.25) is 0 Å². The van der Waals surface area contributed by atoms with Gasteiger partial charge in [-0.05, 0) is 34.5 Å². The number of pyridine rings is 1. The normalized spacial score (nSPS) is 10.3. The van der Waals surface area contributed by atoms with Gasteiger partial charge in [0.25, 0.3) is 0 Å². The van der Waals surface area contributed by atoms with Crippen LogP contribution in [0.4, 0.5) is 5.82 Å². The molecule has 1 aromatic rings. The lowest BCUT2D eigenvalue weighted by atomic mass is 10.3. The van der Waals surface area contributed by atoms with Crippen LogP contribution < -0.4 is 10.6 Å². The Morgan fingerprint density at radius 2 is 2.35 bits per heavy atom. The maximum atomic E-state index is 11.5. The molecule has 0 aromatic carbocycles. The highest BCUT2D eigenvalue weighted by Crippen LogP contribution is 2.16. The van der Waals surface area contributed by atoms with E-state index in [0.717, 1.165) is 10.0 Å². The predicted octanol–water partition coefficient (Wildman–Crippen LogP) is 1.33. The summed E-state index contributed by atoms with van der Waals surface area (Å²) in [5.41, 5.74) is 0.921. The molecule has 0 spiro atoms. The Morgan fingerprint density at radius 1 is 1.59 bits per heavy atom. The molecule has 5 nitrogen and oxygen atoms in total. The summed E-state index contributed by atoms with van der Waals surface area (Å²) in [6.07, 6.45) is 1.65. The van der Waals surface area contributed by atoms with Crippen LogP contribution >= 0.6 is 15.9 Å². The third-order valence-electron chi connectivity index (χ3n) is 2.07. The highest BCUT2D eigenvalue weighted by molar-refractivity contribution is 9.10. The van der Waals surface area contributed by atoms with Crippen LogP contribution in [0.25, 0.3) is 0 Å². The van der Waals surface area contributed by atoms with Crippen LogP contribution in [-0.2, 0) is 9.53 Å². The van der Waals surface area contributed by atoms with Crippen molar-refractivity contribution in [1.82, 2.24) is 10.3 Å². The average Bonchev–Trinajstić information content (AvgIpc) is 2.28. The molecule has 1 heterocycles. The topological polar surface area (TPSA) is 63.2 Å². The number of rotatable bonds is 6. The first-order valence-electron chi connectivity index (χ1n) is 5.25. The number of aryl methyl sites for hydroxylation is 1. The number of anilines is 1. The standard InChI is InChI=1S/C11H16BrN3O2/c1-8-5-9(12)6-14-11(8)15-10(16)7-13-3-4-17-2/h5-6,13H,3-4,7H2,1-2H3,(H,14,15,16). The number of hydrogen-bond acceptors (Lipinski definition) is 4. The first-order valence-corrected chi connectivity index (χ1v) is 6.04. The van der Waals surface area contributed by atoms with E-state index in [2.05, 4.69) is 31.5 Å². The molecule has 0 aliphatic rings. The molecule has 6 heteroatoms. The fourth-order valence-corrected chi connectivity index (χ4v) is 1.67. The summed E-state index contributed by atoms with van der Waals surface area (Å²) in [4.78, 5) is 15.7. The van der Waals surface area contributed by atoms with Gasteiger partial charge in [-0.25, -0.2) is 4.98 Å². The number of carbonyl (C=O) groups excluding carboxylic acids is 1. The van der Waals surface area contributed by atoms with Crippen LogP contribution in [0.5, 0.6) is 0 Å². The van der Waals surface area contributed by atoms with E-state index in [1.54, 1.807) is 13.3 Å². The Kier molecular flexibility index (Phi) is 6.10. The summed E-state index contributed by atoms with van der Waals surface area (Å²) in [5.74, 6) is 0.478. The number of halogens is 1. The van der Waals surface area contributed by atoms with Gasteiger partial charge < -0.3 is 15.4 Å². The van der Waals surface area contributed by atoms with Crippen molar-refractivity contribution >= 4 is 27.7 Å². The molecule has 1 rings (SSSR count). The second-order valence-corrected chi connectivity index (χ2v) is 4.45. The molecule has 1 aromatic heterocycles. The van der Waals surface area contributed by atoms with E-state index in [0.29, 0.717) is 19.0 Å². The molecule has 0 radical (unpaired) electrons. The molecule has 0 aliphatic heterocycles. The zero-order chi connectivity index (χ0) is 12.7. The highest BCUT2D eigenvalue weighted by Gasteiger charge is 2.05. The lowest BCUT2D eigenvalue weighted by Gasteiger charge is -2.08. The molecular formula is C11H16BrN3O2. The number of ether oxygens (including phenoxy) is 1. The van der Waals surface area contributed by atoms with Crippen molar-refractivity contribution in [2.24, 2.45) is 0 Å². The Morgan fingerprint density at radius 3 is 3.00 bits per heavy atom. The van der Waals surface area contributed by atoms with Crippen molar-refractivity contribution in [3.63, 3.8) is 0 Å². The van der Waals surface area contributed by atoms with Gasteiger partial charge in [-0.2, -0.15) is 0 Å². The van der Waals surface area contributed by atoms with Crippen molar-refractivity contribution in [2.45, 2.75) is 6.92 Å². The molecule has 0 atom stereocenters. The van der Waals surface area contributed by atoms with E-state index >= 15 is 0 Å². The maximum absolute atomic E-state index is 11.5. The number of methoxy groups -OCH3 is 1. The van der Waals surface area contributed by atoms with Crippen molar-refractivity contribution in [1.29, 1.82) is 0 Å². The van der Waals surface area contributed by atoms with Crippen LogP contribution in [0.1, 0.15) is 5.56 Å². The molecule has 94 valence electrons. The van der Waals surface area contributed by atoms with Crippen LogP contribution in [-0.4, -0.2) is 37.7 Å². The quantitative estimate of drug-likeness (QED) is 0.778. The molecule has 17 heavy (non-hydrogen) atoms. The number of nitrogens with zero attached hydrogens (tertiary/aromatic N) is 1.